The highest BCUT2D eigenvalue weighted by Crippen LogP contribution is 2.38. The van der Waals surface area contributed by atoms with Gasteiger partial charge in [0.2, 0.25) is 16.8 Å². The number of fused-ring (bicyclic) bond motifs is 2. The monoisotopic (exact) mass is 730 g/mol. The van der Waals surface area contributed by atoms with Crippen LogP contribution in [0.25, 0.3) is 0 Å². The number of amides is 2. The number of alkyl carbamates (subject to hydrolysis) is 1. The third kappa shape index (κ3) is 9.71. The highest BCUT2D eigenvalue weighted by Gasteiger charge is 2.47. The third-order valence-electron chi connectivity index (χ3n) is 9.50. The lowest BCUT2D eigenvalue weighted by Crippen LogP contribution is -2.61. The smallest absolute Gasteiger partial charge is 0.407 e. The van der Waals surface area contributed by atoms with Crippen LogP contribution in [0, 0.1) is 11.3 Å². The number of carbonyl (C=O) groups excluding carboxylic acids is 2. The van der Waals surface area contributed by atoms with Crippen molar-refractivity contribution >= 4 is 22.2 Å². The van der Waals surface area contributed by atoms with Gasteiger partial charge in [-0.3, -0.25) is 0 Å². The lowest BCUT2D eigenvalue weighted by atomic mass is 9.87. The summed E-state index contributed by atoms with van der Waals surface area (Å²) >= 11 is 0. The van der Waals surface area contributed by atoms with E-state index < -0.39 is 58.6 Å². The second-order valence-electron chi connectivity index (χ2n) is 13.8. The van der Waals surface area contributed by atoms with Crippen molar-refractivity contribution in [3.63, 3.8) is 0 Å². The number of aliphatic hydroxyl groups excluding tert-OH is 1. The Kier molecular flexibility index (Phi) is 12.8. The number of benzene rings is 2. The quantitative estimate of drug-likeness (QED) is 0.170. The molecule has 0 radical (unpaired) electrons. The average Bonchev–Trinajstić information content (AvgIpc) is 3.85. The second kappa shape index (κ2) is 17.1. The van der Waals surface area contributed by atoms with E-state index >= 15 is 0 Å². The topological polar surface area (TPSA) is 176 Å². The zero-order chi connectivity index (χ0) is 36.6. The van der Waals surface area contributed by atoms with Crippen LogP contribution in [0.4, 0.5) is 9.59 Å². The van der Waals surface area contributed by atoms with E-state index in [1.807, 2.05) is 44.2 Å². The molecular formula is C36H48N3O11S-. The minimum Gasteiger partial charge on any atom is -0.530 e. The molecule has 3 aliphatic heterocycles. The SMILES string of the molecule is C=CCCOC(=O)NCCCC(C)(C)CN(C[C@@H](O)[C@H](Cc1ccccc1)N(C(=O)[O-])[C@H]1CO[C@H]2OCC[C@H]21)S(=O)(=O)c1ccc2c(c1)OCO2. The molecule has 0 aliphatic carbocycles. The molecule has 2 amide bonds. The van der Waals surface area contributed by atoms with Gasteiger partial charge in [0.05, 0.1) is 42.9 Å². The number of nitrogens with one attached hydrogen (secondary N) is 1. The van der Waals surface area contributed by atoms with E-state index in [0.717, 1.165) is 10.5 Å². The van der Waals surface area contributed by atoms with Crippen molar-refractivity contribution in [1.29, 1.82) is 0 Å². The molecule has 2 fully saturated rings. The number of carbonyl (C=O) groups is 2. The van der Waals surface area contributed by atoms with Crippen LogP contribution in [0.15, 0.2) is 66.1 Å². The fourth-order valence-corrected chi connectivity index (χ4v) is 8.55. The summed E-state index contributed by atoms with van der Waals surface area (Å²) in [5.74, 6) is 0.437. The van der Waals surface area contributed by atoms with Gasteiger partial charge in [0.15, 0.2) is 17.8 Å². The van der Waals surface area contributed by atoms with Crippen LogP contribution >= 0.6 is 0 Å². The lowest BCUT2D eigenvalue weighted by Gasteiger charge is -2.43. The van der Waals surface area contributed by atoms with Gasteiger partial charge in [-0.05, 0) is 55.2 Å². The van der Waals surface area contributed by atoms with E-state index in [1.54, 1.807) is 6.08 Å². The Balaban J connectivity index is 1.40. The third-order valence-corrected chi connectivity index (χ3v) is 11.3. The number of sulfonamides is 1. The largest absolute Gasteiger partial charge is 0.530 e. The van der Waals surface area contributed by atoms with E-state index in [-0.39, 0.29) is 49.5 Å². The highest BCUT2D eigenvalue weighted by molar-refractivity contribution is 7.89. The highest BCUT2D eigenvalue weighted by atomic mass is 32.2. The summed E-state index contributed by atoms with van der Waals surface area (Å²) in [5.41, 5.74) is 0.112. The molecule has 5 rings (SSSR count). The first-order valence-electron chi connectivity index (χ1n) is 17.3. The number of ether oxygens (including phenoxy) is 5. The van der Waals surface area contributed by atoms with Gasteiger partial charge in [0, 0.05) is 31.6 Å². The second-order valence-corrected chi connectivity index (χ2v) is 15.7. The van der Waals surface area contributed by atoms with Crippen molar-refractivity contribution in [3.8, 4) is 11.5 Å². The fraction of sp³-hybridized carbons (Fsp3) is 0.556. The molecule has 2 saturated heterocycles. The van der Waals surface area contributed by atoms with Crippen molar-refractivity contribution < 1.29 is 51.9 Å². The first-order chi connectivity index (χ1) is 24.4. The molecule has 2 aromatic rings. The number of hydrogen-bond donors (Lipinski definition) is 2. The molecule has 0 saturated carbocycles. The molecule has 2 N–H and O–H groups in total. The number of aliphatic hydroxyl groups is 1. The molecule has 15 heteroatoms. The Bertz CT molecular complexity index is 1610. The van der Waals surface area contributed by atoms with Crippen molar-refractivity contribution in [2.45, 2.75) is 75.3 Å². The zero-order valence-corrected chi connectivity index (χ0v) is 29.9. The minimum absolute atomic E-state index is 0.0287. The standard InChI is InChI=1S/C36H49N3O11S/c1-4-5-17-47-34(41)37-16-9-15-36(2,3)23-38(51(44,45)26-12-13-31-32(20-26)50-24-49-31)21-30(40)28(19-25-10-7-6-8-11-25)39(35(42)43)29-22-48-33-27(29)14-18-46-33/h4,6-8,10-13,20,27-30,33,40H,1,5,9,14-19,21-24H2,2-3H3,(H,37,41)(H,42,43)/p-1/t27-,28-,29-,30+,33+/m0/s1. The van der Waals surface area contributed by atoms with E-state index in [9.17, 15) is 28.2 Å². The van der Waals surface area contributed by atoms with Crippen LogP contribution in [-0.2, 0) is 30.7 Å². The maximum absolute atomic E-state index is 14.4. The average molecular weight is 731 g/mol. The Morgan fingerprint density at radius 2 is 1.92 bits per heavy atom. The zero-order valence-electron chi connectivity index (χ0n) is 29.1. The predicted octanol–water partition coefficient (Wildman–Crippen LogP) is 2.89. The van der Waals surface area contributed by atoms with Gasteiger partial charge in [-0.15, -0.1) is 6.58 Å². The first-order valence-corrected chi connectivity index (χ1v) is 18.7. The Labute approximate surface area is 299 Å². The van der Waals surface area contributed by atoms with Crippen LogP contribution in [0.1, 0.15) is 45.1 Å². The van der Waals surface area contributed by atoms with Gasteiger partial charge in [-0.1, -0.05) is 50.3 Å². The summed E-state index contributed by atoms with van der Waals surface area (Å²) in [4.78, 5) is 26.0. The van der Waals surface area contributed by atoms with E-state index in [2.05, 4.69) is 11.9 Å². The molecule has 0 aromatic heterocycles. The Morgan fingerprint density at radius 3 is 2.67 bits per heavy atom. The molecule has 2 aromatic carbocycles. The summed E-state index contributed by atoms with van der Waals surface area (Å²) in [5, 5.41) is 27.7. The minimum atomic E-state index is -4.28. The van der Waals surface area contributed by atoms with Gasteiger partial charge >= 0.3 is 6.09 Å². The summed E-state index contributed by atoms with van der Waals surface area (Å²) in [6.45, 7) is 7.91. The van der Waals surface area contributed by atoms with Gasteiger partial charge < -0.3 is 48.9 Å². The molecule has 0 unspecified atom stereocenters. The number of rotatable bonds is 18. The van der Waals surface area contributed by atoms with Crippen LogP contribution in [0.2, 0.25) is 0 Å². The van der Waals surface area contributed by atoms with Gasteiger partial charge in [0.25, 0.3) is 0 Å². The first kappa shape index (κ1) is 38.3. The van der Waals surface area contributed by atoms with Gasteiger partial charge in [-0.2, -0.15) is 4.31 Å². The Morgan fingerprint density at radius 1 is 1.16 bits per heavy atom. The predicted molar refractivity (Wildman–Crippen MR) is 183 cm³/mol. The van der Waals surface area contributed by atoms with Gasteiger partial charge in [-0.25, -0.2) is 13.2 Å². The van der Waals surface area contributed by atoms with E-state index in [0.29, 0.717) is 44.6 Å². The maximum Gasteiger partial charge on any atom is 0.407 e. The van der Waals surface area contributed by atoms with Crippen molar-refractivity contribution in [1.82, 2.24) is 14.5 Å². The molecule has 14 nitrogen and oxygen atoms in total. The number of carboxylic acid groups (broad SMARTS) is 1. The van der Waals surface area contributed by atoms with Crippen LogP contribution in [0.3, 0.4) is 0 Å². The van der Waals surface area contributed by atoms with Crippen LogP contribution < -0.4 is 19.9 Å². The normalized spacial score (nSPS) is 20.8. The van der Waals surface area contributed by atoms with Gasteiger partial charge in [0.1, 0.15) is 6.09 Å². The van der Waals surface area contributed by atoms with Crippen molar-refractivity contribution in [3.05, 3.63) is 66.7 Å². The summed E-state index contributed by atoms with van der Waals surface area (Å²) < 4.78 is 57.4. The molecule has 0 bridgehead atoms. The van der Waals surface area contributed by atoms with Crippen molar-refractivity contribution in [2.24, 2.45) is 11.3 Å². The number of nitrogens with zero attached hydrogens (tertiary/aromatic N) is 2. The molecular weight excluding hydrogens is 682 g/mol. The van der Waals surface area contributed by atoms with Crippen molar-refractivity contribution in [2.75, 3.05) is 46.2 Å². The number of hydrogen-bond acceptors (Lipinski definition) is 11. The fourth-order valence-electron chi connectivity index (χ4n) is 6.89. The molecule has 3 heterocycles. The summed E-state index contributed by atoms with van der Waals surface area (Å²) in [6, 6.07) is 11.7. The van der Waals surface area contributed by atoms with E-state index in [4.69, 9.17) is 23.7 Å². The van der Waals surface area contributed by atoms with Crippen LogP contribution in [0.5, 0.6) is 11.5 Å². The molecule has 5 atom stereocenters. The maximum atomic E-state index is 14.4. The summed E-state index contributed by atoms with van der Waals surface area (Å²) in [7, 11) is -4.28. The summed E-state index contributed by atoms with van der Waals surface area (Å²) in [6.07, 6.45) is -0.179. The molecule has 51 heavy (non-hydrogen) atoms. The molecule has 0 spiro atoms. The lowest BCUT2D eigenvalue weighted by molar-refractivity contribution is -0.273. The van der Waals surface area contributed by atoms with E-state index in [1.165, 1.54) is 22.5 Å². The Hall–Kier alpha value is -3.89. The molecule has 3 aliphatic rings. The molecule has 280 valence electrons. The van der Waals surface area contributed by atoms with Crippen LogP contribution in [-0.4, -0.2) is 106 Å².